The zero-order chi connectivity index (χ0) is 20.5. The van der Waals surface area contributed by atoms with E-state index in [2.05, 4.69) is 31.1 Å². The third-order valence-corrected chi connectivity index (χ3v) is 5.56. The van der Waals surface area contributed by atoms with Crippen LogP contribution >= 0.6 is 0 Å². The standard InChI is InChI=1S/C22H30N4O2/c1-14(21(28)26-12-6-5-7-18(26)22(2,3)4)25-20(27)16-8-9-17-15(13-16)10-11-24-19(17)23/h8-11,13-14,18H,5-7,12H2,1-4H3,(H2,23,24)(H,25,27)/t14-,18?/m0/s1. The number of rotatable bonds is 3. The Hall–Kier alpha value is -2.63. The Bertz CT molecular complexity index is 888. The van der Waals surface area contributed by atoms with Crippen molar-refractivity contribution in [2.75, 3.05) is 12.3 Å². The molecule has 0 aliphatic carbocycles. The van der Waals surface area contributed by atoms with Crippen molar-refractivity contribution in [2.45, 2.75) is 59.0 Å². The minimum Gasteiger partial charge on any atom is -0.383 e. The van der Waals surface area contributed by atoms with Crippen LogP contribution in [0.3, 0.4) is 0 Å². The van der Waals surface area contributed by atoms with Gasteiger partial charge in [0.2, 0.25) is 5.91 Å². The van der Waals surface area contributed by atoms with Gasteiger partial charge in [0, 0.05) is 29.7 Å². The number of nitrogens with one attached hydrogen (secondary N) is 1. The minimum absolute atomic E-state index is 0.0118. The highest BCUT2D eigenvalue weighted by molar-refractivity contribution is 6.02. The van der Waals surface area contributed by atoms with Gasteiger partial charge in [-0.05, 0) is 61.3 Å². The van der Waals surface area contributed by atoms with Crippen molar-refractivity contribution >= 4 is 28.4 Å². The first-order chi connectivity index (χ1) is 13.2. The van der Waals surface area contributed by atoms with E-state index in [9.17, 15) is 9.59 Å². The number of fused-ring (bicyclic) bond motifs is 1. The summed E-state index contributed by atoms with van der Waals surface area (Å²) in [5.74, 6) is 0.163. The molecule has 6 nitrogen and oxygen atoms in total. The fraction of sp³-hybridized carbons (Fsp3) is 0.500. The van der Waals surface area contributed by atoms with E-state index in [1.54, 1.807) is 31.3 Å². The summed E-state index contributed by atoms with van der Waals surface area (Å²) in [6, 6.07) is 6.72. The Morgan fingerprint density at radius 1 is 1.25 bits per heavy atom. The first-order valence-electron chi connectivity index (χ1n) is 9.94. The third-order valence-electron chi connectivity index (χ3n) is 5.56. The lowest BCUT2D eigenvalue weighted by atomic mass is 9.80. The van der Waals surface area contributed by atoms with E-state index >= 15 is 0 Å². The zero-order valence-corrected chi connectivity index (χ0v) is 17.2. The molecule has 3 rings (SSSR count). The number of amides is 2. The van der Waals surface area contributed by atoms with Crippen molar-refractivity contribution in [1.82, 2.24) is 15.2 Å². The van der Waals surface area contributed by atoms with E-state index in [0.717, 1.165) is 36.6 Å². The molecule has 1 aromatic heterocycles. The summed E-state index contributed by atoms with van der Waals surface area (Å²) >= 11 is 0. The molecule has 2 amide bonds. The van der Waals surface area contributed by atoms with Gasteiger partial charge in [-0.25, -0.2) is 4.98 Å². The molecule has 0 bridgehead atoms. The average molecular weight is 383 g/mol. The number of carbonyl (C=O) groups excluding carboxylic acids is 2. The van der Waals surface area contributed by atoms with Crippen molar-refractivity contribution in [3.63, 3.8) is 0 Å². The summed E-state index contributed by atoms with van der Waals surface area (Å²) in [6.07, 6.45) is 4.78. The fourth-order valence-electron chi connectivity index (χ4n) is 4.03. The molecule has 2 atom stereocenters. The highest BCUT2D eigenvalue weighted by Crippen LogP contribution is 2.32. The molecule has 1 aliphatic rings. The summed E-state index contributed by atoms with van der Waals surface area (Å²) in [5.41, 5.74) is 6.40. The molecule has 28 heavy (non-hydrogen) atoms. The number of benzene rings is 1. The van der Waals surface area contributed by atoms with E-state index in [1.165, 1.54) is 0 Å². The predicted octanol–water partition coefficient (Wildman–Crippen LogP) is 3.36. The second-order valence-electron chi connectivity index (χ2n) is 8.74. The number of carbonyl (C=O) groups is 2. The summed E-state index contributed by atoms with van der Waals surface area (Å²) in [5, 5.41) is 4.53. The Morgan fingerprint density at radius 2 is 2.00 bits per heavy atom. The Morgan fingerprint density at radius 3 is 2.71 bits per heavy atom. The van der Waals surface area contributed by atoms with Crippen LogP contribution in [0.1, 0.15) is 57.3 Å². The van der Waals surface area contributed by atoms with E-state index in [0.29, 0.717) is 11.4 Å². The SMILES string of the molecule is C[C@H](NC(=O)c1ccc2c(N)nccc2c1)C(=O)N1CCCCC1C(C)(C)C. The first-order valence-corrected chi connectivity index (χ1v) is 9.94. The Labute approximate surface area is 166 Å². The summed E-state index contributed by atoms with van der Waals surface area (Å²) in [4.78, 5) is 31.8. The maximum atomic E-state index is 13.1. The molecule has 1 unspecified atom stereocenters. The summed E-state index contributed by atoms with van der Waals surface area (Å²) < 4.78 is 0. The van der Waals surface area contributed by atoms with Crippen LogP contribution in [0.25, 0.3) is 10.8 Å². The van der Waals surface area contributed by atoms with Crippen molar-refractivity contribution in [3.8, 4) is 0 Å². The molecule has 2 aromatic rings. The number of anilines is 1. The summed E-state index contributed by atoms with van der Waals surface area (Å²) in [6.45, 7) is 9.02. The van der Waals surface area contributed by atoms with Crippen molar-refractivity contribution < 1.29 is 9.59 Å². The van der Waals surface area contributed by atoms with Crippen molar-refractivity contribution in [2.24, 2.45) is 5.41 Å². The average Bonchev–Trinajstić information content (AvgIpc) is 2.66. The number of nitrogens with zero attached hydrogens (tertiary/aromatic N) is 2. The van der Waals surface area contributed by atoms with Gasteiger partial charge in [-0.15, -0.1) is 0 Å². The lowest BCUT2D eigenvalue weighted by Crippen LogP contribution is -2.55. The highest BCUT2D eigenvalue weighted by Gasteiger charge is 2.36. The van der Waals surface area contributed by atoms with Gasteiger partial charge in [0.05, 0.1) is 0 Å². The molecule has 1 aliphatic heterocycles. The molecule has 6 heteroatoms. The molecule has 2 heterocycles. The van der Waals surface area contributed by atoms with Gasteiger partial charge in [0.1, 0.15) is 11.9 Å². The minimum atomic E-state index is -0.575. The first kappa shape index (κ1) is 20.1. The molecule has 150 valence electrons. The summed E-state index contributed by atoms with van der Waals surface area (Å²) in [7, 11) is 0. The maximum Gasteiger partial charge on any atom is 0.251 e. The fourth-order valence-corrected chi connectivity index (χ4v) is 4.03. The molecule has 3 N–H and O–H groups in total. The Balaban J connectivity index is 1.73. The zero-order valence-electron chi connectivity index (χ0n) is 17.2. The molecular formula is C22H30N4O2. The van der Waals surface area contributed by atoms with Crippen LogP contribution in [0, 0.1) is 5.41 Å². The molecule has 1 aromatic carbocycles. The number of nitrogen functional groups attached to an aromatic ring is 1. The van der Waals surface area contributed by atoms with Crippen LogP contribution < -0.4 is 11.1 Å². The van der Waals surface area contributed by atoms with Gasteiger partial charge in [-0.3, -0.25) is 9.59 Å². The van der Waals surface area contributed by atoms with Gasteiger partial charge < -0.3 is 16.0 Å². The lowest BCUT2D eigenvalue weighted by Gasteiger charge is -2.44. The van der Waals surface area contributed by atoms with Crippen LogP contribution in [0.2, 0.25) is 0 Å². The molecule has 1 saturated heterocycles. The van der Waals surface area contributed by atoms with Gasteiger partial charge in [-0.1, -0.05) is 20.8 Å². The molecule has 0 spiro atoms. The largest absolute Gasteiger partial charge is 0.383 e. The molecular weight excluding hydrogens is 352 g/mol. The lowest BCUT2D eigenvalue weighted by molar-refractivity contribution is -0.139. The van der Waals surface area contributed by atoms with E-state index in [1.807, 2.05) is 11.0 Å². The van der Waals surface area contributed by atoms with E-state index in [4.69, 9.17) is 5.73 Å². The van der Waals surface area contributed by atoms with Crippen LogP contribution in [-0.4, -0.2) is 40.3 Å². The van der Waals surface area contributed by atoms with Gasteiger partial charge >= 0.3 is 0 Å². The van der Waals surface area contributed by atoms with Gasteiger partial charge in [0.25, 0.3) is 5.91 Å². The second-order valence-corrected chi connectivity index (χ2v) is 8.74. The normalized spacial score (nSPS) is 18.7. The molecule has 1 fully saturated rings. The highest BCUT2D eigenvalue weighted by atomic mass is 16.2. The van der Waals surface area contributed by atoms with Gasteiger partial charge in [0.15, 0.2) is 0 Å². The number of likely N-dealkylation sites (tertiary alicyclic amines) is 1. The monoisotopic (exact) mass is 382 g/mol. The van der Waals surface area contributed by atoms with E-state index < -0.39 is 6.04 Å². The third kappa shape index (κ3) is 4.11. The number of aromatic nitrogens is 1. The molecule has 0 saturated carbocycles. The van der Waals surface area contributed by atoms with Crippen molar-refractivity contribution in [1.29, 1.82) is 0 Å². The van der Waals surface area contributed by atoms with Crippen molar-refractivity contribution in [3.05, 3.63) is 36.0 Å². The second kappa shape index (κ2) is 7.78. The quantitative estimate of drug-likeness (QED) is 0.852. The van der Waals surface area contributed by atoms with Crippen LogP contribution in [0.4, 0.5) is 5.82 Å². The smallest absolute Gasteiger partial charge is 0.251 e. The number of pyridine rings is 1. The van der Waals surface area contributed by atoms with Gasteiger partial charge in [-0.2, -0.15) is 0 Å². The number of piperidine rings is 1. The maximum absolute atomic E-state index is 13.1. The number of hydrogen-bond donors (Lipinski definition) is 2. The van der Waals surface area contributed by atoms with Crippen LogP contribution in [0.5, 0.6) is 0 Å². The van der Waals surface area contributed by atoms with Crippen LogP contribution in [-0.2, 0) is 4.79 Å². The number of nitrogens with two attached hydrogens (primary N) is 1. The Kier molecular flexibility index (Phi) is 5.59. The topological polar surface area (TPSA) is 88.3 Å². The predicted molar refractivity (Wildman–Crippen MR) is 112 cm³/mol. The number of hydrogen-bond acceptors (Lipinski definition) is 4. The van der Waals surface area contributed by atoms with E-state index in [-0.39, 0.29) is 23.3 Å². The van der Waals surface area contributed by atoms with Crippen LogP contribution in [0.15, 0.2) is 30.5 Å². The molecule has 0 radical (unpaired) electrons.